The van der Waals surface area contributed by atoms with Gasteiger partial charge in [0.2, 0.25) is 5.30 Å². The van der Waals surface area contributed by atoms with E-state index in [1.54, 1.807) is 24.3 Å². The molecule has 1 aromatic carbocycles. The van der Waals surface area contributed by atoms with E-state index in [1.165, 1.54) is 0 Å². The second-order valence-electron chi connectivity index (χ2n) is 3.57. The van der Waals surface area contributed by atoms with Gasteiger partial charge in [0.1, 0.15) is 6.26 Å². The third-order valence-corrected chi connectivity index (χ3v) is 3.45. The van der Waals surface area contributed by atoms with Crippen molar-refractivity contribution < 1.29 is 13.9 Å². The van der Waals surface area contributed by atoms with Crippen LogP contribution >= 0.6 is 8.03 Å². The van der Waals surface area contributed by atoms with Crippen LogP contribution in [0.4, 0.5) is 0 Å². The summed E-state index contributed by atoms with van der Waals surface area (Å²) in [7, 11) is -2.03. The van der Waals surface area contributed by atoms with Crippen LogP contribution in [-0.2, 0) is 9.09 Å². The molecular weight excluding hydrogens is 235 g/mol. The van der Waals surface area contributed by atoms with Crippen molar-refractivity contribution in [1.82, 2.24) is 0 Å². The minimum Gasteiger partial charge on any atom is -0.294 e. The number of hydrogen-bond acceptors (Lipinski definition) is 3. The molecule has 0 spiro atoms. The summed E-state index contributed by atoms with van der Waals surface area (Å²) in [6.07, 6.45) is 3.41. The Morgan fingerprint density at radius 1 is 1.47 bits per heavy atom. The van der Waals surface area contributed by atoms with Gasteiger partial charge in [-0.1, -0.05) is 32.1 Å². The van der Waals surface area contributed by atoms with Crippen LogP contribution in [0.2, 0.25) is 0 Å². The highest BCUT2D eigenvalue weighted by molar-refractivity contribution is 7.48. The van der Waals surface area contributed by atoms with E-state index >= 15 is 0 Å². The largest absolute Gasteiger partial charge is 0.597 e. The maximum Gasteiger partial charge on any atom is 0.597 e. The summed E-state index contributed by atoms with van der Waals surface area (Å²) in [5.74, 6) is 0.0125. The highest BCUT2D eigenvalue weighted by atomic mass is 31.1. The van der Waals surface area contributed by atoms with Crippen LogP contribution in [-0.4, -0.2) is 5.78 Å². The first-order chi connectivity index (χ1) is 8.20. The average molecular weight is 251 g/mol. The fourth-order valence-corrected chi connectivity index (χ4v) is 2.32. The van der Waals surface area contributed by atoms with Gasteiger partial charge in [-0.15, -0.1) is 0 Å². The molecule has 0 aliphatic carbocycles. The summed E-state index contributed by atoms with van der Waals surface area (Å²) in [6.45, 7) is 5.39. The van der Waals surface area contributed by atoms with Gasteiger partial charge >= 0.3 is 8.03 Å². The van der Waals surface area contributed by atoms with Crippen molar-refractivity contribution in [2.45, 2.75) is 26.2 Å². The number of unbranched alkanes of at least 4 members (excludes halogenated alkanes) is 1. The molecule has 0 radical (unpaired) electrons. The Morgan fingerprint density at radius 3 is 2.82 bits per heavy atom. The summed E-state index contributed by atoms with van der Waals surface area (Å²) in [4.78, 5) is 11.9. The lowest BCUT2D eigenvalue weighted by Gasteiger charge is -1.99. The summed E-state index contributed by atoms with van der Waals surface area (Å²) in [6, 6.07) is 6.85. The first-order valence-electron chi connectivity index (χ1n) is 5.57. The Kier molecular flexibility index (Phi) is 5.58. The van der Waals surface area contributed by atoms with Crippen molar-refractivity contribution in [1.29, 1.82) is 0 Å². The van der Waals surface area contributed by atoms with Crippen LogP contribution in [0.1, 0.15) is 36.5 Å². The molecule has 0 aromatic heterocycles. The second kappa shape index (κ2) is 6.97. The van der Waals surface area contributed by atoms with Gasteiger partial charge in [-0.2, -0.15) is 0 Å². The van der Waals surface area contributed by atoms with Gasteiger partial charge in [-0.05, 0) is 23.1 Å². The Hall–Kier alpha value is -1.47. The highest BCUT2D eigenvalue weighted by Crippen LogP contribution is 2.24. The van der Waals surface area contributed by atoms with Crippen molar-refractivity contribution >= 4 is 19.1 Å². The van der Waals surface area contributed by atoms with Gasteiger partial charge < -0.3 is 0 Å². The lowest BCUT2D eigenvalue weighted by molar-refractivity contribution is 0.0980. The number of Topliss-reactive ketones (excluding diaryl/α,β-unsaturated/α-hetero) is 1. The second-order valence-corrected chi connectivity index (χ2v) is 4.78. The topological polar surface area (TPSA) is 43.4 Å². The van der Waals surface area contributed by atoms with Gasteiger partial charge in [0.25, 0.3) is 0 Å². The van der Waals surface area contributed by atoms with E-state index < -0.39 is 8.03 Å². The van der Waals surface area contributed by atoms with E-state index in [2.05, 4.69) is 6.58 Å². The normalized spacial score (nSPS) is 10.8. The third kappa shape index (κ3) is 3.79. The summed E-state index contributed by atoms with van der Waals surface area (Å²) >= 11 is 0. The van der Waals surface area contributed by atoms with Crippen LogP contribution in [0.3, 0.4) is 0 Å². The third-order valence-electron chi connectivity index (χ3n) is 2.33. The molecule has 0 heterocycles. The quantitative estimate of drug-likeness (QED) is 0.422. The van der Waals surface area contributed by atoms with Crippen molar-refractivity contribution in [2.75, 3.05) is 0 Å². The molecule has 0 aliphatic heterocycles. The molecule has 90 valence electrons. The molecule has 1 unspecified atom stereocenters. The lowest BCUT2D eigenvalue weighted by atomic mass is 10.1. The van der Waals surface area contributed by atoms with E-state index in [9.17, 15) is 9.36 Å². The number of benzene rings is 1. The molecule has 3 nitrogen and oxygen atoms in total. The van der Waals surface area contributed by atoms with Crippen LogP contribution in [0.25, 0.3) is 0 Å². The maximum absolute atomic E-state index is 11.9. The van der Waals surface area contributed by atoms with E-state index in [0.717, 1.165) is 19.1 Å². The molecule has 0 fully saturated rings. The average Bonchev–Trinajstić information content (AvgIpc) is 2.36. The molecule has 1 aromatic rings. The van der Waals surface area contributed by atoms with Crippen LogP contribution in [0.5, 0.6) is 0 Å². The summed E-state index contributed by atoms with van der Waals surface area (Å²) < 4.78 is 16.6. The Labute approximate surface area is 102 Å². The number of ketones is 1. The SMILES string of the molecule is C=CO[P+](=O)c1ccccc1C(=O)CCCC. The molecule has 0 bridgehead atoms. The Morgan fingerprint density at radius 2 is 2.18 bits per heavy atom. The summed E-state index contributed by atoms with van der Waals surface area (Å²) in [5.41, 5.74) is 0.490. The number of carbonyl (C=O) groups excluding carboxylic acids is 1. The van der Waals surface area contributed by atoms with Crippen molar-refractivity contribution in [2.24, 2.45) is 0 Å². The van der Waals surface area contributed by atoms with E-state index in [1.807, 2.05) is 6.92 Å². The first-order valence-corrected chi connectivity index (χ1v) is 6.75. The Balaban J connectivity index is 2.94. The van der Waals surface area contributed by atoms with Gasteiger partial charge in [0.15, 0.2) is 5.78 Å². The fourth-order valence-electron chi connectivity index (χ4n) is 1.47. The maximum atomic E-state index is 11.9. The molecule has 0 amide bonds. The minimum atomic E-state index is -2.03. The van der Waals surface area contributed by atoms with Gasteiger partial charge in [-0.25, -0.2) is 0 Å². The van der Waals surface area contributed by atoms with Crippen molar-refractivity contribution in [3.8, 4) is 0 Å². The van der Waals surface area contributed by atoms with E-state index in [0.29, 0.717) is 17.3 Å². The van der Waals surface area contributed by atoms with Crippen LogP contribution in [0.15, 0.2) is 37.1 Å². The number of carbonyl (C=O) groups is 1. The zero-order valence-electron chi connectivity index (χ0n) is 9.89. The van der Waals surface area contributed by atoms with Crippen molar-refractivity contribution in [3.05, 3.63) is 42.7 Å². The zero-order chi connectivity index (χ0) is 12.7. The minimum absolute atomic E-state index is 0.0125. The molecule has 0 N–H and O–H groups in total. The summed E-state index contributed by atoms with van der Waals surface area (Å²) in [5, 5.41) is 0.448. The smallest absolute Gasteiger partial charge is 0.294 e. The molecule has 4 heteroatoms. The molecule has 17 heavy (non-hydrogen) atoms. The fraction of sp³-hybridized carbons (Fsp3) is 0.308. The molecule has 0 aliphatic rings. The van der Waals surface area contributed by atoms with Crippen LogP contribution < -0.4 is 5.30 Å². The van der Waals surface area contributed by atoms with Gasteiger partial charge in [-0.3, -0.25) is 9.32 Å². The monoisotopic (exact) mass is 251 g/mol. The molecular formula is C13H16O3P+. The highest BCUT2D eigenvalue weighted by Gasteiger charge is 2.28. The molecule has 0 saturated heterocycles. The molecule has 1 atom stereocenters. The van der Waals surface area contributed by atoms with Crippen LogP contribution in [0, 0.1) is 0 Å². The predicted octanol–water partition coefficient (Wildman–Crippen LogP) is 3.59. The first kappa shape index (κ1) is 13.6. The molecule has 1 rings (SSSR count). The van der Waals surface area contributed by atoms with Crippen molar-refractivity contribution in [3.63, 3.8) is 0 Å². The zero-order valence-corrected chi connectivity index (χ0v) is 10.8. The predicted molar refractivity (Wildman–Crippen MR) is 68.8 cm³/mol. The standard InChI is InChI=1S/C13H16O3P/c1-3-5-9-12(14)11-8-6-7-10-13(11)17(15)16-4-2/h4,6-8,10H,2-3,5,9H2,1H3/q+1. The number of rotatable bonds is 7. The van der Waals surface area contributed by atoms with Gasteiger partial charge in [0.05, 0.1) is 5.56 Å². The van der Waals surface area contributed by atoms with E-state index in [-0.39, 0.29) is 5.78 Å². The molecule has 0 saturated carbocycles. The number of hydrogen-bond donors (Lipinski definition) is 0. The lowest BCUT2D eigenvalue weighted by Crippen LogP contribution is -2.12. The van der Waals surface area contributed by atoms with Gasteiger partial charge in [0, 0.05) is 6.42 Å². The van der Waals surface area contributed by atoms with E-state index in [4.69, 9.17) is 4.52 Å². The Bertz CT molecular complexity index is 426.